The maximum Gasteiger partial charge on any atom is 0.118 e. The number of pyridine rings is 1. The summed E-state index contributed by atoms with van der Waals surface area (Å²) in [4.78, 5) is 7.50. The number of aryl methyl sites for hydroxylation is 1. The summed E-state index contributed by atoms with van der Waals surface area (Å²) in [5, 5.41) is 4.29. The van der Waals surface area contributed by atoms with E-state index >= 15 is 0 Å². The van der Waals surface area contributed by atoms with E-state index < -0.39 is 0 Å². The number of likely N-dealkylation sites (tertiary alicyclic amines) is 1. The summed E-state index contributed by atoms with van der Waals surface area (Å²) in [6.45, 7) is 3.15. The van der Waals surface area contributed by atoms with Crippen molar-refractivity contribution in [2.75, 3.05) is 20.2 Å². The third kappa shape index (κ3) is 4.19. The van der Waals surface area contributed by atoms with Crippen LogP contribution >= 0.6 is 0 Å². The Labute approximate surface area is 160 Å². The Hall–Kier alpha value is -2.66. The van der Waals surface area contributed by atoms with E-state index in [1.54, 1.807) is 7.11 Å². The number of ether oxygens (including phenoxy) is 1. The van der Waals surface area contributed by atoms with Crippen LogP contribution in [0.25, 0.3) is 11.3 Å². The topological polar surface area (TPSA) is 43.2 Å². The Morgan fingerprint density at radius 2 is 2.00 bits per heavy atom. The molecule has 0 N–H and O–H groups in total. The first-order valence-corrected chi connectivity index (χ1v) is 9.52. The minimum absolute atomic E-state index is 0.480. The maximum absolute atomic E-state index is 5.25. The highest BCUT2D eigenvalue weighted by Crippen LogP contribution is 2.29. The van der Waals surface area contributed by atoms with Crippen LogP contribution in [0.4, 0.5) is 0 Å². The number of hydrogen-bond acceptors (Lipinski definition) is 4. The van der Waals surface area contributed by atoms with Gasteiger partial charge in [-0.2, -0.15) is 5.10 Å². The maximum atomic E-state index is 5.25. The molecule has 4 rings (SSSR count). The fourth-order valence-corrected chi connectivity index (χ4v) is 3.85. The summed E-state index contributed by atoms with van der Waals surface area (Å²) >= 11 is 0. The average molecular weight is 362 g/mol. The van der Waals surface area contributed by atoms with Crippen molar-refractivity contribution in [1.82, 2.24) is 19.7 Å². The molecule has 1 aliphatic rings. The second-order valence-electron chi connectivity index (χ2n) is 7.27. The minimum atomic E-state index is 0.480. The second kappa shape index (κ2) is 7.92. The molecule has 1 fully saturated rings. The number of rotatable bonds is 5. The summed E-state index contributed by atoms with van der Waals surface area (Å²) < 4.78 is 7.13. The van der Waals surface area contributed by atoms with Crippen LogP contribution in [0, 0.1) is 0 Å². The molecule has 0 amide bonds. The SMILES string of the molecule is COc1ccc(-c2cccc(C3CCCN(Cc4cnn(C)c4)C3)n2)cc1. The van der Waals surface area contributed by atoms with Gasteiger partial charge >= 0.3 is 0 Å². The molecule has 1 aromatic carbocycles. The summed E-state index contributed by atoms with van der Waals surface area (Å²) in [6.07, 6.45) is 6.47. The van der Waals surface area contributed by atoms with Crippen molar-refractivity contribution in [1.29, 1.82) is 0 Å². The van der Waals surface area contributed by atoms with Crippen LogP contribution in [0.3, 0.4) is 0 Å². The third-order valence-corrected chi connectivity index (χ3v) is 5.24. The summed E-state index contributed by atoms with van der Waals surface area (Å²) in [5.41, 5.74) is 4.62. The first-order chi connectivity index (χ1) is 13.2. The highest BCUT2D eigenvalue weighted by molar-refractivity contribution is 5.60. The molecule has 0 radical (unpaired) electrons. The Bertz CT molecular complexity index is 887. The van der Waals surface area contributed by atoms with Crippen molar-refractivity contribution in [3.63, 3.8) is 0 Å². The number of piperidine rings is 1. The molecule has 140 valence electrons. The van der Waals surface area contributed by atoms with Crippen molar-refractivity contribution < 1.29 is 4.74 Å². The molecule has 5 nitrogen and oxygen atoms in total. The van der Waals surface area contributed by atoms with Crippen LogP contribution < -0.4 is 4.74 Å². The molecular formula is C22H26N4O. The molecule has 1 atom stereocenters. The first kappa shape index (κ1) is 17.7. The molecule has 0 saturated carbocycles. The highest BCUT2D eigenvalue weighted by Gasteiger charge is 2.23. The Kier molecular flexibility index (Phi) is 5.21. The molecule has 1 unspecified atom stereocenters. The van der Waals surface area contributed by atoms with E-state index in [0.29, 0.717) is 5.92 Å². The lowest BCUT2D eigenvalue weighted by Gasteiger charge is -2.32. The lowest BCUT2D eigenvalue weighted by molar-refractivity contribution is 0.198. The summed E-state index contributed by atoms with van der Waals surface area (Å²) in [6, 6.07) is 14.5. The van der Waals surface area contributed by atoms with Crippen LogP contribution in [0.1, 0.15) is 30.0 Å². The van der Waals surface area contributed by atoms with Crippen molar-refractivity contribution in [2.24, 2.45) is 7.05 Å². The van der Waals surface area contributed by atoms with E-state index in [9.17, 15) is 0 Å². The molecule has 1 saturated heterocycles. The number of aromatic nitrogens is 3. The van der Waals surface area contributed by atoms with E-state index in [0.717, 1.165) is 36.6 Å². The van der Waals surface area contributed by atoms with Gasteiger partial charge in [-0.3, -0.25) is 14.6 Å². The quantitative estimate of drug-likeness (QED) is 0.691. The van der Waals surface area contributed by atoms with Gasteiger partial charge in [0.25, 0.3) is 0 Å². The first-order valence-electron chi connectivity index (χ1n) is 9.52. The monoisotopic (exact) mass is 362 g/mol. The Morgan fingerprint density at radius 1 is 1.15 bits per heavy atom. The van der Waals surface area contributed by atoms with Crippen molar-refractivity contribution in [3.05, 3.63) is 66.1 Å². The van der Waals surface area contributed by atoms with Crippen molar-refractivity contribution in [3.8, 4) is 17.0 Å². The largest absolute Gasteiger partial charge is 0.497 e. The van der Waals surface area contributed by atoms with E-state index in [2.05, 4.69) is 46.5 Å². The second-order valence-corrected chi connectivity index (χ2v) is 7.27. The van der Waals surface area contributed by atoms with E-state index in [4.69, 9.17) is 9.72 Å². The number of methoxy groups -OCH3 is 1. The van der Waals surface area contributed by atoms with Gasteiger partial charge in [-0.05, 0) is 55.8 Å². The molecule has 3 aromatic rings. The Balaban J connectivity index is 1.48. The molecule has 3 heterocycles. The molecule has 27 heavy (non-hydrogen) atoms. The fraction of sp³-hybridized carbons (Fsp3) is 0.364. The average Bonchev–Trinajstić information content (AvgIpc) is 3.13. The number of nitrogens with zero attached hydrogens (tertiary/aromatic N) is 4. The van der Waals surface area contributed by atoms with Gasteiger partial charge in [-0.1, -0.05) is 6.07 Å². The normalized spacial score (nSPS) is 17.8. The van der Waals surface area contributed by atoms with Gasteiger partial charge in [0.1, 0.15) is 5.75 Å². The summed E-state index contributed by atoms with van der Waals surface area (Å²) in [5.74, 6) is 1.35. The van der Waals surface area contributed by atoms with Crippen molar-refractivity contribution >= 4 is 0 Å². The van der Waals surface area contributed by atoms with Crippen LogP contribution in [0.5, 0.6) is 5.75 Å². The lowest BCUT2D eigenvalue weighted by atomic mass is 9.93. The predicted octanol–water partition coefficient (Wildman–Crippen LogP) is 3.87. The van der Waals surface area contributed by atoms with Crippen LogP contribution in [-0.2, 0) is 13.6 Å². The number of hydrogen-bond donors (Lipinski definition) is 0. The van der Waals surface area contributed by atoms with Gasteiger partial charge in [0.2, 0.25) is 0 Å². The standard InChI is InChI=1S/C22H26N4O/c1-25-14-17(13-23-25)15-26-12-4-5-19(16-26)22-7-3-6-21(24-22)18-8-10-20(27-2)11-9-18/h3,6-11,13-14,19H,4-5,12,15-16H2,1-2H3. The van der Waals surface area contributed by atoms with Gasteiger partial charge in [-0.15, -0.1) is 0 Å². The molecule has 2 aromatic heterocycles. The van der Waals surface area contributed by atoms with E-state index in [1.165, 1.54) is 24.1 Å². The van der Waals surface area contributed by atoms with Gasteiger partial charge in [0.05, 0.1) is 19.0 Å². The van der Waals surface area contributed by atoms with E-state index in [1.807, 2.05) is 30.1 Å². The third-order valence-electron chi connectivity index (χ3n) is 5.24. The van der Waals surface area contributed by atoms with Crippen LogP contribution in [-0.4, -0.2) is 39.9 Å². The Morgan fingerprint density at radius 3 is 2.74 bits per heavy atom. The summed E-state index contributed by atoms with van der Waals surface area (Å²) in [7, 11) is 3.66. The van der Waals surface area contributed by atoms with Gasteiger partial charge in [0, 0.05) is 49.1 Å². The smallest absolute Gasteiger partial charge is 0.118 e. The highest BCUT2D eigenvalue weighted by atomic mass is 16.5. The molecule has 0 spiro atoms. The zero-order valence-electron chi connectivity index (χ0n) is 16.0. The van der Waals surface area contributed by atoms with Crippen LogP contribution in [0.15, 0.2) is 54.9 Å². The predicted molar refractivity (Wildman–Crippen MR) is 107 cm³/mol. The molecule has 5 heteroatoms. The molecular weight excluding hydrogens is 336 g/mol. The minimum Gasteiger partial charge on any atom is -0.497 e. The fourth-order valence-electron chi connectivity index (χ4n) is 3.85. The van der Waals surface area contributed by atoms with Crippen LogP contribution in [0.2, 0.25) is 0 Å². The molecule has 0 aliphatic carbocycles. The van der Waals surface area contributed by atoms with Gasteiger partial charge < -0.3 is 4.74 Å². The number of benzene rings is 1. The van der Waals surface area contributed by atoms with Crippen molar-refractivity contribution in [2.45, 2.75) is 25.3 Å². The van der Waals surface area contributed by atoms with Gasteiger partial charge in [0.15, 0.2) is 0 Å². The lowest BCUT2D eigenvalue weighted by Crippen LogP contribution is -2.34. The zero-order valence-corrected chi connectivity index (χ0v) is 16.0. The van der Waals surface area contributed by atoms with E-state index in [-0.39, 0.29) is 0 Å². The zero-order chi connectivity index (χ0) is 18.6. The molecule has 1 aliphatic heterocycles. The van der Waals surface area contributed by atoms with Gasteiger partial charge in [-0.25, -0.2) is 0 Å². The molecule has 0 bridgehead atoms.